The van der Waals surface area contributed by atoms with E-state index in [2.05, 4.69) is 0 Å². The van der Waals surface area contributed by atoms with Gasteiger partial charge in [-0.15, -0.1) is 0 Å². The van der Waals surface area contributed by atoms with Gasteiger partial charge in [-0.2, -0.15) is 0 Å². The summed E-state index contributed by atoms with van der Waals surface area (Å²) in [5, 5.41) is 8.81. The fraction of sp³-hybridized carbons (Fsp3) is 0.818. The van der Waals surface area contributed by atoms with Crippen molar-refractivity contribution in [3.05, 3.63) is 0 Å². The van der Waals surface area contributed by atoms with E-state index in [0.29, 0.717) is 25.9 Å². The predicted octanol–water partition coefficient (Wildman–Crippen LogP) is 1.72. The molecule has 5 heteroatoms. The molecule has 0 saturated carbocycles. The Morgan fingerprint density at radius 1 is 1.38 bits per heavy atom. The third-order valence-corrected chi connectivity index (χ3v) is 2.50. The molecule has 1 fully saturated rings. The molecule has 5 nitrogen and oxygen atoms in total. The van der Waals surface area contributed by atoms with Crippen LogP contribution in [-0.4, -0.2) is 40.8 Å². The summed E-state index contributed by atoms with van der Waals surface area (Å²) in [4.78, 5) is 23.9. The Morgan fingerprint density at radius 3 is 2.25 bits per heavy atom. The van der Waals surface area contributed by atoms with Crippen molar-refractivity contribution in [2.24, 2.45) is 5.92 Å². The molecule has 1 heterocycles. The minimum absolute atomic E-state index is 0.321. The van der Waals surface area contributed by atoms with Crippen LogP contribution < -0.4 is 0 Å². The van der Waals surface area contributed by atoms with Gasteiger partial charge in [0.25, 0.3) is 0 Å². The molecule has 0 bridgehead atoms. The summed E-state index contributed by atoms with van der Waals surface area (Å²) in [5.41, 5.74) is -0.499. The van der Waals surface area contributed by atoms with E-state index in [0.717, 1.165) is 0 Å². The number of hydrogen-bond donors (Lipinski definition) is 1. The van der Waals surface area contributed by atoms with E-state index in [1.54, 1.807) is 4.90 Å². The zero-order valence-corrected chi connectivity index (χ0v) is 10.0. The van der Waals surface area contributed by atoms with Crippen LogP contribution >= 0.6 is 0 Å². The quantitative estimate of drug-likeness (QED) is 0.746. The molecular formula is C11H19NO4. The topological polar surface area (TPSA) is 66.8 Å². The summed E-state index contributed by atoms with van der Waals surface area (Å²) >= 11 is 0. The number of nitrogens with zero attached hydrogens (tertiary/aromatic N) is 1. The molecule has 16 heavy (non-hydrogen) atoms. The van der Waals surface area contributed by atoms with Gasteiger partial charge in [-0.05, 0) is 33.6 Å². The Balaban J connectivity index is 2.42. The maximum Gasteiger partial charge on any atom is 0.410 e. The van der Waals surface area contributed by atoms with Crippen molar-refractivity contribution in [2.45, 2.75) is 39.2 Å². The minimum atomic E-state index is -0.774. The zero-order chi connectivity index (χ0) is 12.3. The van der Waals surface area contributed by atoms with Crippen molar-refractivity contribution in [3.63, 3.8) is 0 Å². The molecule has 1 aliphatic rings. The number of piperidine rings is 1. The van der Waals surface area contributed by atoms with E-state index in [4.69, 9.17) is 9.84 Å². The number of hydrogen-bond acceptors (Lipinski definition) is 3. The maximum atomic E-state index is 11.6. The molecule has 0 aromatic carbocycles. The van der Waals surface area contributed by atoms with Crippen molar-refractivity contribution in [3.8, 4) is 0 Å². The summed E-state index contributed by atoms with van der Waals surface area (Å²) in [5.74, 6) is -1.09. The highest BCUT2D eigenvalue weighted by atomic mass is 16.6. The number of likely N-dealkylation sites (tertiary alicyclic amines) is 1. The Morgan fingerprint density at radius 2 is 1.88 bits per heavy atom. The van der Waals surface area contributed by atoms with Crippen LogP contribution in [0.4, 0.5) is 4.79 Å². The summed E-state index contributed by atoms with van der Waals surface area (Å²) < 4.78 is 5.21. The molecule has 0 unspecified atom stereocenters. The number of aliphatic carboxylic acids is 1. The highest BCUT2D eigenvalue weighted by Gasteiger charge is 2.29. The van der Waals surface area contributed by atoms with Gasteiger partial charge in [0.05, 0.1) is 5.92 Å². The highest BCUT2D eigenvalue weighted by Crippen LogP contribution is 2.19. The summed E-state index contributed by atoms with van der Waals surface area (Å²) in [6, 6.07) is 0. The second kappa shape index (κ2) is 4.72. The number of ether oxygens (including phenoxy) is 1. The van der Waals surface area contributed by atoms with E-state index < -0.39 is 11.6 Å². The first-order valence-corrected chi connectivity index (χ1v) is 5.50. The predicted molar refractivity (Wildman–Crippen MR) is 58.2 cm³/mol. The van der Waals surface area contributed by atoms with Crippen molar-refractivity contribution >= 4 is 12.1 Å². The molecule has 0 aromatic rings. The molecule has 0 radical (unpaired) electrons. The number of carbonyl (C=O) groups excluding carboxylic acids is 1. The maximum absolute atomic E-state index is 11.6. The molecule has 1 rings (SSSR count). The normalized spacial score (nSPS) is 18.3. The van der Waals surface area contributed by atoms with Crippen LogP contribution in [0.2, 0.25) is 0 Å². The molecule has 1 amide bonds. The lowest BCUT2D eigenvalue weighted by molar-refractivity contribution is -0.143. The molecule has 0 aromatic heterocycles. The van der Waals surface area contributed by atoms with Gasteiger partial charge in [0.15, 0.2) is 0 Å². The summed E-state index contributed by atoms with van der Waals surface area (Å²) in [6.45, 7) is 6.37. The SMILES string of the molecule is CC(C)(C)OC(=O)N1CCC([14C](=O)O)CC1. The third-order valence-electron chi connectivity index (χ3n) is 2.50. The van der Waals surface area contributed by atoms with Crippen LogP contribution in [0.3, 0.4) is 0 Å². The van der Waals surface area contributed by atoms with Gasteiger partial charge in [-0.25, -0.2) is 4.79 Å². The fourth-order valence-electron chi connectivity index (χ4n) is 1.64. The van der Waals surface area contributed by atoms with Crippen molar-refractivity contribution in [1.82, 2.24) is 4.90 Å². The largest absolute Gasteiger partial charge is 0.481 e. The van der Waals surface area contributed by atoms with Crippen LogP contribution in [0.15, 0.2) is 0 Å². The average Bonchev–Trinajstić information content (AvgIpc) is 2.15. The zero-order valence-electron chi connectivity index (χ0n) is 10.0. The van der Waals surface area contributed by atoms with Gasteiger partial charge in [0.2, 0.25) is 0 Å². The second-order valence-electron chi connectivity index (χ2n) is 5.08. The Labute approximate surface area is 95.4 Å². The standard InChI is InChI=1S/C11H19NO4/c1-11(2,3)16-10(15)12-6-4-8(5-7-12)9(13)14/h8H,4-7H2,1-3H3,(H,13,14)/i9+2. The van der Waals surface area contributed by atoms with Gasteiger partial charge in [0, 0.05) is 13.1 Å². The van der Waals surface area contributed by atoms with E-state index in [9.17, 15) is 9.59 Å². The lowest BCUT2D eigenvalue weighted by Gasteiger charge is -2.32. The first-order chi connectivity index (χ1) is 7.29. The van der Waals surface area contributed by atoms with Crippen LogP contribution in [0.1, 0.15) is 33.6 Å². The van der Waals surface area contributed by atoms with Crippen LogP contribution in [0, 0.1) is 5.92 Å². The van der Waals surface area contributed by atoms with Gasteiger partial charge in [-0.3, -0.25) is 4.79 Å². The van der Waals surface area contributed by atoms with Crippen molar-refractivity contribution in [2.75, 3.05) is 13.1 Å². The number of carbonyl (C=O) groups is 2. The molecule has 92 valence electrons. The molecule has 1 N–H and O–H groups in total. The van der Waals surface area contributed by atoms with Crippen LogP contribution in [0.25, 0.3) is 0 Å². The minimum Gasteiger partial charge on any atom is -0.481 e. The lowest BCUT2D eigenvalue weighted by atomic mass is 10.1. The van der Waals surface area contributed by atoms with Gasteiger partial charge in [0.1, 0.15) is 5.60 Å². The first kappa shape index (κ1) is 12.8. The Bertz CT molecular complexity index is 274. The smallest absolute Gasteiger partial charge is 0.410 e. The summed E-state index contributed by atoms with van der Waals surface area (Å²) in [7, 11) is 0. The Hall–Kier alpha value is -1.26. The van der Waals surface area contributed by atoms with E-state index in [1.165, 1.54) is 0 Å². The monoisotopic (exact) mass is 231 g/mol. The molecule has 0 atom stereocenters. The van der Waals surface area contributed by atoms with E-state index in [-0.39, 0.29) is 12.0 Å². The first-order valence-electron chi connectivity index (χ1n) is 5.50. The number of rotatable bonds is 1. The molecule has 0 spiro atoms. The van der Waals surface area contributed by atoms with E-state index >= 15 is 0 Å². The van der Waals surface area contributed by atoms with Gasteiger partial charge < -0.3 is 14.7 Å². The molecular weight excluding hydrogens is 212 g/mol. The summed E-state index contributed by atoms with van der Waals surface area (Å²) in [6.07, 6.45) is 0.666. The molecule has 1 aliphatic heterocycles. The average molecular weight is 231 g/mol. The number of carboxylic acid groups (broad SMARTS) is 1. The van der Waals surface area contributed by atoms with Crippen molar-refractivity contribution in [1.29, 1.82) is 0 Å². The lowest BCUT2D eigenvalue weighted by Crippen LogP contribution is -2.42. The number of carboxylic acids is 1. The fourth-order valence-corrected chi connectivity index (χ4v) is 1.64. The Kier molecular flexibility index (Phi) is 3.78. The van der Waals surface area contributed by atoms with E-state index in [1.807, 2.05) is 20.8 Å². The van der Waals surface area contributed by atoms with Crippen LogP contribution in [-0.2, 0) is 9.53 Å². The van der Waals surface area contributed by atoms with Gasteiger partial charge in [-0.1, -0.05) is 0 Å². The highest BCUT2D eigenvalue weighted by molar-refractivity contribution is 5.71. The number of amides is 1. The van der Waals surface area contributed by atoms with Crippen molar-refractivity contribution < 1.29 is 19.4 Å². The second-order valence-corrected chi connectivity index (χ2v) is 5.08. The molecule has 0 aliphatic carbocycles. The molecule has 1 saturated heterocycles. The van der Waals surface area contributed by atoms with Crippen LogP contribution in [0.5, 0.6) is 0 Å². The third kappa shape index (κ3) is 3.72. The van der Waals surface area contributed by atoms with Gasteiger partial charge >= 0.3 is 12.1 Å².